The predicted molar refractivity (Wildman–Crippen MR) is 160 cm³/mol. The van der Waals surface area contributed by atoms with Gasteiger partial charge in [0.2, 0.25) is 0 Å². The summed E-state index contributed by atoms with van der Waals surface area (Å²) in [6.45, 7) is 3.32. The number of methoxy groups -OCH3 is 1. The van der Waals surface area contributed by atoms with Crippen molar-refractivity contribution in [2.45, 2.75) is 32.9 Å². The van der Waals surface area contributed by atoms with E-state index >= 15 is 0 Å². The maximum atomic E-state index is 6.12. The maximum absolute atomic E-state index is 6.12. The molecule has 5 aromatic rings. The van der Waals surface area contributed by atoms with Crippen molar-refractivity contribution in [1.29, 1.82) is 0 Å². The number of aryl methyl sites for hydroxylation is 1. The molecule has 0 fully saturated rings. The Balaban J connectivity index is 1.34. The van der Waals surface area contributed by atoms with Crippen LogP contribution < -0.4 is 14.9 Å². The molecule has 0 radical (unpaired) electrons. The fourth-order valence-corrected chi connectivity index (χ4v) is 5.09. The van der Waals surface area contributed by atoms with Crippen LogP contribution in [0.1, 0.15) is 30.9 Å². The minimum Gasteiger partial charge on any atom is -0.493 e. The van der Waals surface area contributed by atoms with E-state index in [0.29, 0.717) is 38.6 Å². The maximum Gasteiger partial charge on any atom is 0.265 e. The zero-order valence-electron chi connectivity index (χ0n) is 21.3. The first kappa shape index (κ1) is 27.2. The number of halogens is 3. The standard InChI is InChI=1S/C28H25BrCl2N6O2/c1-3-4-11-37-23-8-6-5-7-19(23)25-27(37)33-28(36-34-25)35-32-15-18-12-20(29)26(24(14-18)38-2)39-16-17-9-10-21(30)22(31)13-17/h5-10,12-15H,3-4,11,16H2,1-2H3,(H,33,35,36)/b32-15+. The quantitative estimate of drug-likeness (QED) is 0.125. The molecule has 0 atom stereocenters. The lowest BCUT2D eigenvalue weighted by Crippen LogP contribution is -2.03. The monoisotopic (exact) mass is 626 g/mol. The number of unbranched alkanes of at least 4 members (excludes halogenated alkanes) is 1. The van der Waals surface area contributed by atoms with E-state index in [4.69, 9.17) is 37.7 Å². The number of para-hydroxylation sites is 1. The summed E-state index contributed by atoms with van der Waals surface area (Å²) in [7, 11) is 1.58. The van der Waals surface area contributed by atoms with Gasteiger partial charge in [0.15, 0.2) is 17.1 Å². The van der Waals surface area contributed by atoms with Gasteiger partial charge in [0, 0.05) is 11.9 Å². The van der Waals surface area contributed by atoms with Crippen LogP contribution in [0.25, 0.3) is 22.1 Å². The average molecular weight is 628 g/mol. The molecule has 0 bridgehead atoms. The van der Waals surface area contributed by atoms with Gasteiger partial charge in [-0.2, -0.15) is 10.1 Å². The molecule has 0 aliphatic carbocycles. The fraction of sp³-hybridized carbons (Fsp3) is 0.214. The number of nitrogens with one attached hydrogen (secondary N) is 1. The number of ether oxygens (including phenoxy) is 2. The highest BCUT2D eigenvalue weighted by atomic mass is 79.9. The third-order valence-electron chi connectivity index (χ3n) is 6.11. The smallest absolute Gasteiger partial charge is 0.265 e. The van der Waals surface area contributed by atoms with Gasteiger partial charge < -0.3 is 14.0 Å². The van der Waals surface area contributed by atoms with Gasteiger partial charge in [-0.25, -0.2) is 5.43 Å². The van der Waals surface area contributed by atoms with Crippen LogP contribution in [0.2, 0.25) is 10.0 Å². The highest BCUT2D eigenvalue weighted by Gasteiger charge is 2.15. The minimum absolute atomic E-state index is 0.294. The lowest BCUT2D eigenvalue weighted by molar-refractivity contribution is 0.282. The van der Waals surface area contributed by atoms with E-state index in [-0.39, 0.29) is 0 Å². The fourth-order valence-electron chi connectivity index (χ4n) is 4.20. The Morgan fingerprint density at radius 3 is 2.72 bits per heavy atom. The second kappa shape index (κ2) is 12.2. The molecule has 5 rings (SSSR count). The Labute approximate surface area is 244 Å². The number of fused-ring (bicyclic) bond motifs is 3. The molecule has 0 saturated heterocycles. The van der Waals surface area contributed by atoms with Gasteiger partial charge in [0.1, 0.15) is 12.1 Å². The molecule has 8 nitrogen and oxygen atoms in total. The van der Waals surface area contributed by atoms with Crippen molar-refractivity contribution in [3.8, 4) is 11.5 Å². The molecule has 39 heavy (non-hydrogen) atoms. The lowest BCUT2D eigenvalue weighted by atomic mass is 10.2. The van der Waals surface area contributed by atoms with E-state index in [0.717, 1.165) is 52.6 Å². The van der Waals surface area contributed by atoms with E-state index in [1.54, 1.807) is 25.5 Å². The van der Waals surface area contributed by atoms with Crippen LogP contribution in [-0.2, 0) is 13.2 Å². The minimum atomic E-state index is 0.294. The van der Waals surface area contributed by atoms with Gasteiger partial charge in [0.05, 0.1) is 33.4 Å². The number of anilines is 1. The third-order valence-corrected chi connectivity index (χ3v) is 7.43. The van der Waals surface area contributed by atoms with Gasteiger partial charge in [0.25, 0.3) is 5.95 Å². The summed E-state index contributed by atoms with van der Waals surface area (Å²) in [5.74, 6) is 1.42. The number of hydrazone groups is 1. The largest absolute Gasteiger partial charge is 0.493 e. The highest BCUT2D eigenvalue weighted by Crippen LogP contribution is 2.37. The van der Waals surface area contributed by atoms with Gasteiger partial charge >= 0.3 is 0 Å². The Morgan fingerprint density at radius 2 is 1.92 bits per heavy atom. The summed E-state index contributed by atoms with van der Waals surface area (Å²) < 4.78 is 14.5. The molecule has 1 N–H and O–H groups in total. The number of benzene rings is 3. The Morgan fingerprint density at radius 1 is 1.08 bits per heavy atom. The molecule has 2 aromatic heterocycles. The summed E-state index contributed by atoms with van der Waals surface area (Å²) in [4.78, 5) is 4.72. The number of hydrogen-bond donors (Lipinski definition) is 1. The zero-order valence-corrected chi connectivity index (χ0v) is 24.4. The normalized spacial score (nSPS) is 11.5. The first-order valence-electron chi connectivity index (χ1n) is 12.3. The molecule has 200 valence electrons. The molecule has 3 aromatic carbocycles. The van der Waals surface area contributed by atoms with Crippen LogP contribution in [0, 0.1) is 0 Å². The van der Waals surface area contributed by atoms with Crippen molar-refractivity contribution in [2.75, 3.05) is 12.5 Å². The van der Waals surface area contributed by atoms with E-state index < -0.39 is 0 Å². The van der Waals surface area contributed by atoms with Crippen LogP contribution in [0.5, 0.6) is 11.5 Å². The molecular formula is C28H25BrCl2N6O2. The number of aromatic nitrogens is 4. The van der Waals surface area contributed by atoms with Gasteiger partial charge in [-0.15, -0.1) is 10.2 Å². The molecule has 0 aliphatic rings. The number of rotatable bonds is 10. The van der Waals surface area contributed by atoms with Crippen LogP contribution in [0.3, 0.4) is 0 Å². The Kier molecular flexibility index (Phi) is 8.50. The van der Waals surface area contributed by atoms with E-state index in [1.165, 1.54) is 0 Å². The topological polar surface area (TPSA) is 86.5 Å². The van der Waals surface area contributed by atoms with Crippen molar-refractivity contribution in [3.63, 3.8) is 0 Å². The summed E-state index contributed by atoms with van der Waals surface area (Å²) in [5.41, 5.74) is 7.22. The van der Waals surface area contributed by atoms with E-state index in [2.05, 4.69) is 54.2 Å². The SMILES string of the molecule is CCCCn1c2ccccc2c2nnc(N/N=C/c3cc(Br)c(OCc4ccc(Cl)c(Cl)c4)c(OC)c3)nc21. The number of nitrogens with zero attached hydrogens (tertiary/aromatic N) is 5. The summed E-state index contributed by atoms with van der Waals surface area (Å²) in [6, 6.07) is 17.2. The predicted octanol–water partition coefficient (Wildman–Crippen LogP) is 7.88. The number of hydrogen-bond acceptors (Lipinski definition) is 7. The van der Waals surface area contributed by atoms with E-state index in [9.17, 15) is 0 Å². The van der Waals surface area contributed by atoms with Crippen molar-refractivity contribution >= 4 is 73.4 Å². The Bertz CT molecular complexity index is 1670. The van der Waals surface area contributed by atoms with E-state index in [1.807, 2.05) is 36.4 Å². The molecule has 0 aliphatic heterocycles. The van der Waals surface area contributed by atoms with Crippen LogP contribution in [0.4, 0.5) is 5.95 Å². The summed E-state index contributed by atoms with van der Waals surface area (Å²) in [6.07, 6.45) is 3.78. The van der Waals surface area contributed by atoms with Crippen molar-refractivity contribution in [3.05, 3.63) is 80.2 Å². The van der Waals surface area contributed by atoms with Crippen molar-refractivity contribution in [2.24, 2.45) is 5.10 Å². The Hall–Kier alpha value is -3.40. The highest BCUT2D eigenvalue weighted by molar-refractivity contribution is 9.10. The zero-order chi connectivity index (χ0) is 27.4. The molecule has 0 spiro atoms. The lowest BCUT2D eigenvalue weighted by Gasteiger charge is -2.14. The summed E-state index contributed by atoms with van der Waals surface area (Å²) in [5, 5.41) is 15.0. The second-order valence-corrected chi connectivity index (χ2v) is 10.4. The van der Waals surface area contributed by atoms with Crippen LogP contribution in [-0.4, -0.2) is 33.1 Å². The molecular weight excluding hydrogens is 603 g/mol. The third kappa shape index (κ3) is 5.95. The van der Waals surface area contributed by atoms with Gasteiger partial charge in [-0.3, -0.25) is 0 Å². The molecule has 2 heterocycles. The summed E-state index contributed by atoms with van der Waals surface area (Å²) >= 11 is 15.7. The van der Waals surface area contributed by atoms with Gasteiger partial charge in [-0.1, -0.05) is 60.8 Å². The molecule has 11 heteroatoms. The van der Waals surface area contributed by atoms with Gasteiger partial charge in [-0.05, 0) is 63.8 Å². The first-order valence-corrected chi connectivity index (χ1v) is 13.9. The van der Waals surface area contributed by atoms with Crippen molar-refractivity contribution in [1.82, 2.24) is 19.7 Å². The average Bonchev–Trinajstić information content (AvgIpc) is 3.25. The van der Waals surface area contributed by atoms with Crippen LogP contribution in [0.15, 0.2) is 64.2 Å². The molecule has 0 saturated carbocycles. The second-order valence-electron chi connectivity index (χ2n) is 8.77. The molecule has 0 unspecified atom stereocenters. The van der Waals surface area contributed by atoms with Crippen molar-refractivity contribution < 1.29 is 9.47 Å². The first-order chi connectivity index (χ1) is 19.0. The van der Waals surface area contributed by atoms with Crippen LogP contribution >= 0.6 is 39.1 Å². The molecule has 0 amide bonds.